The van der Waals surface area contributed by atoms with Gasteiger partial charge in [0.1, 0.15) is 17.1 Å². The highest BCUT2D eigenvalue weighted by Gasteiger charge is 2.35. The van der Waals surface area contributed by atoms with Crippen LogP contribution in [-0.2, 0) is 4.79 Å². The minimum atomic E-state index is -0.577. The Hall–Kier alpha value is -2.20. The number of rotatable bonds is 5. The number of amides is 1. The molecule has 138 valence electrons. The maximum Gasteiger partial charge on any atom is 0.261 e. The van der Waals surface area contributed by atoms with Gasteiger partial charge in [-0.25, -0.2) is 0 Å². The molecule has 0 unspecified atom stereocenters. The van der Waals surface area contributed by atoms with E-state index < -0.39 is 6.10 Å². The fourth-order valence-electron chi connectivity index (χ4n) is 3.22. The molecule has 1 aliphatic rings. The van der Waals surface area contributed by atoms with Crippen molar-refractivity contribution in [2.24, 2.45) is 0 Å². The van der Waals surface area contributed by atoms with Crippen molar-refractivity contribution in [2.45, 2.75) is 51.4 Å². The number of benzene rings is 2. The second kappa shape index (κ2) is 7.58. The number of carbonyl (C=O) groups excluding carboxylic acids is 1. The van der Waals surface area contributed by atoms with Crippen LogP contribution in [0, 0.1) is 0 Å². The van der Waals surface area contributed by atoms with Gasteiger partial charge < -0.3 is 14.8 Å². The molecule has 0 fully saturated rings. The zero-order valence-electron chi connectivity index (χ0n) is 15.3. The highest BCUT2D eigenvalue weighted by molar-refractivity contribution is 6.30. The van der Waals surface area contributed by atoms with E-state index in [1.54, 1.807) is 24.3 Å². The summed E-state index contributed by atoms with van der Waals surface area (Å²) in [5.74, 6) is 1.27. The summed E-state index contributed by atoms with van der Waals surface area (Å²) in [7, 11) is 0. The van der Waals surface area contributed by atoms with Gasteiger partial charge in [-0.2, -0.15) is 0 Å². The minimum Gasteiger partial charge on any atom is -0.487 e. The number of ether oxygens (including phenoxy) is 2. The van der Waals surface area contributed by atoms with Gasteiger partial charge in [0, 0.05) is 17.0 Å². The molecule has 0 radical (unpaired) electrons. The number of hydrogen-bond donors (Lipinski definition) is 1. The Kier molecular flexibility index (Phi) is 5.42. The van der Waals surface area contributed by atoms with Crippen LogP contribution in [0.15, 0.2) is 48.5 Å². The number of halogens is 1. The Morgan fingerprint density at radius 1 is 1.31 bits per heavy atom. The normalized spacial score (nSPS) is 19.0. The highest BCUT2D eigenvalue weighted by Crippen LogP contribution is 2.39. The smallest absolute Gasteiger partial charge is 0.261 e. The van der Waals surface area contributed by atoms with Crippen LogP contribution >= 0.6 is 11.6 Å². The van der Waals surface area contributed by atoms with Crippen molar-refractivity contribution in [2.75, 3.05) is 0 Å². The van der Waals surface area contributed by atoms with Crippen LogP contribution in [0.2, 0.25) is 5.02 Å². The van der Waals surface area contributed by atoms with E-state index >= 15 is 0 Å². The molecule has 2 aromatic carbocycles. The van der Waals surface area contributed by atoms with Crippen LogP contribution in [0.25, 0.3) is 0 Å². The summed E-state index contributed by atoms with van der Waals surface area (Å²) >= 11 is 6.00. The van der Waals surface area contributed by atoms with Crippen LogP contribution in [-0.4, -0.2) is 17.6 Å². The van der Waals surface area contributed by atoms with Crippen molar-refractivity contribution >= 4 is 17.5 Å². The molecule has 2 atom stereocenters. The minimum absolute atomic E-state index is 0.112. The SMILES string of the molecule is CC[C@H](Oc1cccc(Cl)c1)C(=O)N[C@@H]1CC(C)(C)Oc2ccccc21. The van der Waals surface area contributed by atoms with Gasteiger partial charge in [0.2, 0.25) is 0 Å². The van der Waals surface area contributed by atoms with Gasteiger partial charge in [-0.05, 0) is 44.5 Å². The molecule has 2 aromatic rings. The summed E-state index contributed by atoms with van der Waals surface area (Å²) in [5.41, 5.74) is 0.653. The molecular formula is C21H24ClNO3. The summed E-state index contributed by atoms with van der Waals surface area (Å²) in [6.07, 6.45) is 0.683. The molecule has 26 heavy (non-hydrogen) atoms. The first-order valence-corrected chi connectivity index (χ1v) is 9.26. The molecular weight excluding hydrogens is 350 g/mol. The maximum atomic E-state index is 12.8. The molecule has 0 spiro atoms. The van der Waals surface area contributed by atoms with E-state index in [0.29, 0.717) is 23.6 Å². The lowest BCUT2D eigenvalue weighted by molar-refractivity contribution is -0.129. The third kappa shape index (κ3) is 4.31. The van der Waals surface area contributed by atoms with Crippen LogP contribution < -0.4 is 14.8 Å². The molecule has 1 amide bonds. The predicted molar refractivity (Wildman–Crippen MR) is 103 cm³/mol. The molecule has 5 heteroatoms. The van der Waals surface area contributed by atoms with E-state index in [0.717, 1.165) is 11.3 Å². The highest BCUT2D eigenvalue weighted by atomic mass is 35.5. The van der Waals surface area contributed by atoms with Gasteiger partial charge in [0.25, 0.3) is 5.91 Å². The third-order valence-corrected chi connectivity index (χ3v) is 4.67. The molecule has 0 aromatic heterocycles. The van der Waals surface area contributed by atoms with E-state index in [2.05, 4.69) is 5.32 Å². The van der Waals surface area contributed by atoms with Crippen molar-refractivity contribution < 1.29 is 14.3 Å². The van der Waals surface area contributed by atoms with Crippen LogP contribution in [0.5, 0.6) is 11.5 Å². The molecule has 0 saturated carbocycles. The van der Waals surface area contributed by atoms with E-state index in [1.165, 1.54) is 0 Å². The van der Waals surface area contributed by atoms with Crippen LogP contribution in [0.1, 0.15) is 45.2 Å². The molecule has 1 aliphatic heterocycles. The molecule has 4 nitrogen and oxygen atoms in total. The topological polar surface area (TPSA) is 47.6 Å². The van der Waals surface area contributed by atoms with E-state index in [-0.39, 0.29) is 17.6 Å². The number of carbonyl (C=O) groups is 1. The Morgan fingerprint density at radius 3 is 2.81 bits per heavy atom. The Morgan fingerprint density at radius 2 is 2.08 bits per heavy atom. The van der Waals surface area contributed by atoms with Crippen molar-refractivity contribution in [3.05, 3.63) is 59.1 Å². The molecule has 0 bridgehead atoms. The van der Waals surface area contributed by atoms with Gasteiger partial charge in [0.05, 0.1) is 6.04 Å². The Labute approximate surface area is 159 Å². The Balaban J connectivity index is 1.75. The monoisotopic (exact) mass is 373 g/mol. The number of nitrogens with one attached hydrogen (secondary N) is 1. The van der Waals surface area contributed by atoms with E-state index in [4.69, 9.17) is 21.1 Å². The first-order chi connectivity index (χ1) is 12.4. The third-order valence-electron chi connectivity index (χ3n) is 4.43. The van der Waals surface area contributed by atoms with E-state index in [1.807, 2.05) is 45.0 Å². The van der Waals surface area contributed by atoms with Crippen molar-refractivity contribution in [1.29, 1.82) is 0 Å². The van der Waals surface area contributed by atoms with Crippen LogP contribution in [0.4, 0.5) is 0 Å². The zero-order chi connectivity index (χ0) is 18.7. The molecule has 0 aliphatic carbocycles. The molecule has 1 heterocycles. The van der Waals surface area contributed by atoms with Gasteiger partial charge in [-0.1, -0.05) is 42.8 Å². The number of fused-ring (bicyclic) bond motifs is 1. The lowest BCUT2D eigenvalue weighted by Crippen LogP contribution is -2.45. The predicted octanol–water partition coefficient (Wildman–Crippen LogP) is 4.92. The molecule has 3 rings (SSSR count). The van der Waals surface area contributed by atoms with Crippen molar-refractivity contribution in [1.82, 2.24) is 5.32 Å². The van der Waals surface area contributed by atoms with E-state index in [9.17, 15) is 4.79 Å². The van der Waals surface area contributed by atoms with Crippen LogP contribution in [0.3, 0.4) is 0 Å². The second-order valence-corrected chi connectivity index (χ2v) is 7.57. The van der Waals surface area contributed by atoms with Crippen molar-refractivity contribution in [3.8, 4) is 11.5 Å². The average molecular weight is 374 g/mol. The largest absolute Gasteiger partial charge is 0.487 e. The van der Waals surface area contributed by atoms with Crippen molar-refractivity contribution in [3.63, 3.8) is 0 Å². The Bertz CT molecular complexity index is 790. The van der Waals surface area contributed by atoms with Gasteiger partial charge in [0.15, 0.2) is 6.10 Å². The molecule has 0 saturated heterocycles. The fourth-order valence-corrected chi connectivity index (χ4v) is 3.40. The first-order valence-electron chi connectivity index (χ1n) is 8.88. The fraction of sp³-hybridized carbons (Fsp3) is 0.381. The van der Waals surface area contributed by atoms with Gasteiger partial charge >= 0.3 is 0 Å². The summed E-state index contributed by atoms with van der Waals surface area (Å²) in [6.45, 7) is 5.99. The molecule has 1 N–H and O–H groups in total. The van der Waals surface area contributed by atoms with Gasteiger partial charge in [-0.3, -0.25) is 4.79 Å². The number of para-hydroxylation sites is 1. The first kappa shape index (κ1) is 18.6. The lowest BCUT2D eigenvalue weighted by Gasteiger charge is -2.38. The summed E-state index contributed by atoms with van der Waals surface area (Å²) in [4.78, 5) is 12.8. The second-order valence-electron chi connectivity index (χ2n) is 7.14. The summed E-state index contributed by atoms with van der Waals surface area (Å²) < 4.78 is 11.9. The summed E-state index contributed by atoms with van der Waals surface area (Å²) in [5, 5.41) is 3.72. The standard InChI is InChI=1S/C21H24ClNO3/c1-4-18(25-15-9-7-8-14(22)12-15)20(24)23-17-13-21(2,3)26-19-11-6-5-10-16(17)19/h5-12,17-18H,4,13H2,1-3H3,(H,23,24)/t17-,18+/m1/s1. The number of hydrogen-bond acceptors (Lipinski definition) is 3. The average Bonchev–Trinajstić information content (AvgIpc) is 2.58. The summed E-state index contributed by atoms with van der Waals surface area (Å²) in [6, 6.07) is 14.8. The maximum absolute atomic E-state index is 12.8. The lowest BCUT2D eigenvalue weighted by atomic mass is 9.89. The van der Waals surface area contributed by atoms with Gasteiger partial charge in [-0.15, -0.1) is 0 Å². The zero-order valence-corrected chi connectivity index (χ0v) is 16.0. The quantitative estimate of drug-likeness (QED) is 0.809.